The fourth-order valence-electron chi connectivity index (χ4n) is 10.5. The van der Waals surface area contributed by atoms with E-state index in [2.05, 4.69) is 212 Å². The summed E-state index contributed by atoms with van der Waals surface area (Å²) in [5, 5.41) is 0. The summed E-state index contributed by atoms with van der Waals surface area (Å²) in [6.07, 6.45) is 11.7. The molecule has 0 bridgehead atoms. The van der Waals surface area contributed by atoms with E-state index in [1.807, 2.05) is 0 Å². The first-order valence-corrected chi connectivity index (χ1v) is 21.7. The van der Waals surface area contributed by atoms with Gasteiger partial charge in [0.2, 0.25) is 0 Å². The molecule has 4 aliphatic rings. The third-order valence-electron chi connectivity index (χ3n) is 13.2. The molecule has 2 heterocycles. The van der Waals surface area contributed by atoms with Gasteiger partial charge in [-0.15, -0.1) is 0 Å². The summed E-state index contributed by atoms with van der Waals surface area (Å²) < 4.78 is 7.19. The van der Waals surface area contributed by atoms with Crippen molar-refractivity contribution in [3.63, 3.8) is 0 Å². The number of fused-ring (bicyclic) bond motifs is 8. The zero-order chi connectivity index (χ0) is 41.0. The second kappa shape index (κ2) is 14.8. The van der Waals surface area contributed by atoms with Crippen molar-refractivity contribution in [1.82, 2.24) is 9.97 Å². The van der Waals surface area contributed by atoms with Gasteiger partial charge in [-0.05, 0) is 93.1 Å². The Morgan fingerprint density at radius 3 is 1.89 bits per heavy atom. The summed E-state index contributed by atoms with van der Waals surface area (Å²) in [4.78, 5) is 11.0. The molecule has 62 heavy (non-hydrogen) atoms. The lowest BCUT2D eigenvalue weighted by Crippen LogP contribution is -2.36. The predicted octanol–water partition coefficient (Wildman–Crippen LogP) is 14.4. The molecule has 294 valence electrons. The molecule has 1 unspecified atom stereocenters. The summed E-state index contributed by atoms with van der Waals surface area (Å²) >= 11 is 0. The molecule has 7 aromatic carbocycles. The molecule has 3 aliphatic carbocycles. The lowest BCUT2D eigenvalue weighted by molar-refractivity contribution is 0.394. The molecule has 0 fully saturated rings. The molecule has 0 amide bonds. The van der Waals surface area contributed by atoms with Gasteiger partial charge in [-0.3, -0.25) is 0 Å². The van der Waals surface area contributed by atoms with Crippen LogP contribution in [0.5, 0.6) is 5.75 Å². The van der Waals surface area contributed by atoms with Gasteiger partial charge >= 0.3 is 0 Å². The van der Waals surface area contributed by atoms with E-state index in [-0.39, 0.29) is 5.92 Å². The van der Waals surface area contributed by atoms with E-state index in [0.29, 0.717) is 5.82 Å². The Hall–Kier alpha value is -7.62. The topological polar surface area (TPSA) is 35.0 Å². The van der Waals surface area contributed by atoms with Crippen LogP contribution in [0.15, 0.2) is 224 Å². The van der Waals surface area contributed by atoms with Gasteiger partial charge in [0, 0.05) is 28.2 Å². The van der Waals surface area contributed by atoms with Crippen LogP contribution in [-0.2, 0) is 5.41 Å². The zero-order valence-corrected chi connectivity index (χ0v) is 34.2. The van der Waals surface area contributed by atoms with Crippen LogP contribution in [0.3, 0.4) is 0 Å². The molecule has 1 aliphatic heterocycles. The molecule has 1 spiro atoms. The number of hydrogen-bond acceptors (Lipinski definition) is 3. The second-order valence-electron chi connectivity index (χ2n) is 16.7. The van der Waals surface area contributed by atoms with Gasteiger partial charge in [-0.2, -0.15) is 0 Å². The van der Waals surface area contributed by atoms with Crippen LogP contribution in [-0.4, -0.2) is 9.97 Å². The number of hydrogen-bond donors (Lipinski definition) is 0. The Kier molecular flexibility index (Phi) is 8.67. The van der Waals surface area contributed by atoms with Crippen molar-refractivity contribution in [2.24, 2.45) is 0 Å². The van der Waals surface area contributed by atoms with Gasteiger partial charge in [-0.25, -0.2) is 9.97 Å². The Morgan fingerprint density at radius 2 is 1.13 bits per heavy atom. The van der Waals surface area contributed by atoms with E-state index in [0.717, 1.165) is 70.0 Å². The maximum Gasteiger partial charge on any atom is 0.160 e. The number of aromatic nitrogens is 2. The van der Waals surface area contributed by atoms with E-state index in [1.54, 1.807) is 0 Å². The number of nitrogens with zero attached hydrogens (tertiary/aromatic N) is 2. The number of allylic oxidation sites excluding steroid dienone is 7. The maximum atomic E-state index is 7.19. The highest BCUT2D eigenvalue weighted by molar-refractivity contribution is 5.93. The van der Waals surface area contributed by atoms with Crippen LogP contribution in [0.2, 0.25) is 0 Å². The molecule has 3 heteroatoms. The highest BCUT2D eigenvalue weighted by Gasteiger charge is 2.52. The van der Waals surface area contributed by atoms with Gasteiger partial charge in [0.05, 0.1) is 16.8 Å². The smallest absolute Gasteiger partial charge is 0.160 e. The molecule has 1 atom stereocenters. The first-order chi connectivity index (χ1) is 30.7. The van der Waals surface area contributed by atoms with Gasteiger partial charge in [0.1, 0.15) is 11.5 Å². The summed E-state index contributed by atoms with van der Waals surface area (Å²) in [7, 11) is 0. The fraction of sp³-hybridized carbons (Fsp3) is 0.0847. The van der Waals surface area contributed by atoms with Gasteiger partial charge in [-0.1, -0.05) is 194 Å². The Balaban J connectivity index is 1.03. The van der Waals surface area contributed by atoms with Crippen LogP contribution in [0.25, 0.3) is 56.0 Å². The van der Waals surface area contributed by atoms with Crippen molar-refractivity contribution in [3.05, 3.63) is 257 Å². The minimum atomic E-state index is -0.476. The van der Waals surface area contributed by atoms with Crippen LogP contribution in [0.1, 0.15) is 58.7 Å². The van der Waals surface area contributed by atoms with Crippen LogP contribution in [0, 0.1) is 0 Å². The SMILES string of the molecule is C1=CC(c2cc(-c3cccc(-c4ccccc4)c3)nc(-c3ccccc3C3=CCCC4=C3Oc3ccccc3C43c4ccccc4-c4ccccc43)n2)CC(c2ccccc2)=C1. The largest absolute Gasteiger partial charge is 0.456 e. The fourth-order valence-corrected chi connectivity index (χ4v) is 10.5. The second-order valence-corrected chi connectivity index (χ2v) is 16.7. The molecule has 3 nitrogen and oxygen atoms in total. The van der Waals surface area contributed by atoms with Gasteiger partial charge < -0.3 is 4.74 Å². The summed E-state index contributed by atoms with van der Waals surface area (Å²) in [6, 6.07) is 67.5. The number of benzene rings is 7. The first kappa shape index (κ1) is 36.2. The van der Waals surface area contributed by atoms with Crippen LogP contribution < -0.4 is 4.74 Å². The van der Waals surface area contributed by atoms with E-state index in [9.17, 15) is 0 Å². The minimum Gasteiger partial charge on any atom is -0.456 e. The highest BCUT2D eigenvalue weighted by atomic mass is 16.5. The Labute approximate surface area is 362 Å². The number of ether oxygens (including phenoxy) is 1. The standard InChI is InChI=1S/C59H42N2O/c1-3-18-39(19-4-1)41-22-15-24-43(36-41)54-38-55(44-25-16-23-42(37-44)40-20-5-2-6-21-40)61-58(60-54)49-29-8-7-26-45(49)48-30-17-34-53-57(48)62-56-35-14-13-33-52(56)59(53)50-31-11-9-27-46(50)47-28-10-12-32-51(47)59/h1-16,18-33,35-36,38,44H,17,34,37H2. The van der Waals surface area contributed by atoms with E-state index in [4.69, 9.17) is 14.7 Å². The predicted molar refractivity (Wildman–Crippen MR) is 252 cm³/mol. The van der Waals surface area contributed by atoms with Crippen LogP contribution >= 0.6 is 0 Å². The minimum absolute atomic E-state index is 0.0731. The summed E-state index contributed by atoms with van der Waals surface area (Å²) in [5.74, 6) is 2.62. The third-order valence-corrected chi connectivity index (χ3v) is 13.2. The highest BCUT2D eigenvalue weighted by Crippen LogP contribution is 2.63. The molecule has 1 aromatic heterocycles. The van der Waals surface area contributed by atoms with Gasteiger partial charge in [0.15, 0.2) is 5.82 Å². The van der Waals surface area contributed by atoms with Crippen molar-refractivity contribution in [1.29, 1.82) is 0 Å². The molecule has 8 aromatic rings. The first-order valence-electron chi connectivity index (χ1n) is 21.7. The normalized spacial score (nSPS) is 16.7. The van der Waals surface area contributed by atoms with Crippen molar-refractivity contribution in [2.75, 3.05) is 0 Å². The maximum absolute atomic E-state index is 7.19. The Morgan fingerprint density at radius 1 is 0.516 bits per heavy atom. The van der Waals surface area contributed by atoms with Gasteiger partial charge in [0.25, 0.3) is 0 Å². The average molecular weight is 795 g/mol. The molecular weight excluding hydrogens is 753 g/mol. The van der Waals surface area contributed by atoms with Crippen molar-refractivity contribution in [3.8, 4) is 50.6 Å². The monoisotopic (exact) mass is 794 g/mol. The molecule has 0 radical (unpaired) electrons. The van der Waals surface area contributed by atoms with Crippen molar-refractivity contribution < 1.29 is 4.74 Å². The summed E-state index contributed by atoms with van der Waals surface area (Å²) in [5.41, 5.74) is 18.2. The lowest BCUT2D eigenvalue weighted by Gasteiger charge is -2.43. The molecule has 0 N–H and O–H groups in total. The lowest BCUT2D eigenvalue weighted by atomic mass is 9.63. The summed E-state index contributed by atoms with van der Waals surface area (Å²) in [6.45, 7) is 0. The quantitative estimate of drug-likeness (QED) is 0.168. The van der Waals surface area contributed by atoms with Crippen LogP contribution in [0.4, 0.5) is 0 Å². The average Bonchev–Trinajstić information content (AvgIpc) is 3.65. The molecule has 0 saturated heterocycles. The van der Waals surface area contributed by atoms with E-state index < -0.39 is 5.41 Å². The molecule has 0 saturated carbocycles. The van der Waals surface area contributed by atoms with Crippen molar-refractivity contribution >= 4 is 11.1 Å². The number of rotatable bonds is 6. The number of para-hydroxylation sites is 1. The van der Waals surface area contributed by atoms with E-state index in [1.165, 1.54) is 50.1 Å². The zero-order valence-electron chi connectivity index (χ0n) is 34.2. The third kappa shape index (κ3) is 5.80. The molecule has 12 rings (SSSR count). The molecular formula is C59H42N2O. The Bertz CT molecular complexity index is 3140. The van der Waals surface area contributed by atoms with Crippen molar-refractivity contribution in [2.45, 2.75) is 30.6 Å². The van der Waals surface area contributed by atoms with E-state index >= 15 is 0 Å².